The fraction of sp³-hybridized carbons (Fsp3) is 0.929. The summed E-state index contributed by atoms with van der Waals surface area (Å²) in [4.78, 5) is 11.4. The Labute approximate surface area is 102 Å². The molecule has 4 rings (SSSR count). The lowest BCUT2D eigenvalue weighted by atomic mass is 9.71. The van der Waals surface area contributed by atoms with Crippen LogP contribution in [0.5, 0.6) is 0 Å². The Morgan fingerprint density at radius 2 is 1.82 bits per heavy atom. The normalized spacial score (nSPS) is 51.6. The molecule has 0 radical (unpaired) electrons. The van der Waals surface area contributed by atoms with Crippen molar-refractivity contribution in [2.24, 2.45) is 35.0 Å². The number of fused-ring (bicyclic) bond motifs is 3. The van der Waals surface area contributed by atoms with Gasteiger partial charge in [-0.2, -0.15) is 0 Å². The summed E-state index contributed by atoms with van der Waals surface area (Å²) in [5, 5.41) is 0. The zero-order chi connectivity index (χ0) is 11.8. The highest BCUT2D eigenvalue weighted by Gasteiger charge is 2.69. The smallest absolute Gasteiger partial charge is 0.160 e. The van der Waals surface area contributed by atoms with E-state index in [1.54, 1.807) is 0 Å². The van der Waals surface area contributed by atoms with Gasteiger partial charge in [0.25, 0.3) is 0 Å². The first-order valence-electron chi connectivity index (χ1n) is 6.83. The van der Waals surface area contributed by atoms with E-state index in [9.17, 15) is 4.79 Å². The highest BCUT2D eigenvalue weighted by molar-refractivity contribution is 5.88. The maximum absolute atomic E-state index is 11.4. The van der Waals surface area contributed by atoms with E-state index in [0.717, 1.165) is 37.9 Å². The van der Waals surface area contributed by atoms with Crippen molar-refractivity contribution in [3.8, 4) is 0 Å². The predicted molar refractivity (Wildman–Crippen MR) is 61.2 cm³/mol. The van der Waals surface area contributed by atoms with Gasteiger partial charge >= 0.3 is 0 Å². The molecule has 17 heavy (non-hydrogen) atoms. The number of carbonyl (C=O) groups excluding carboxylic acids is 1. The number of ether oxygens (including phenoxy) is 2. The molecular formula is C14H20O3. The lowest BCUT2D eigenvalue weighted by Gasteiger charge is -2.38. The topological polar surface area (TPSA) is 35.5 Å². The summed E-state index contributed by atoms with van der Waals surface area (Å²) in [6.07, 6.45) is 1.97. The number of carbonyl (C=O) groups is 1. The Hall–Kier alpha value is -0.410. The van der Waals surface area contributed by atoms with Crippen LogP contribution in [0.15, 0.2) is 0 Å². The summed E-state index contributed by atoms with van der Waals surface area (Å²) >= 11 is 0. The number of hydrogen-bond acceptors (Lipinski definition) is 3. The fourth-order valence-electron chi connectivity index (χ4n) is 4.26. The summed E-state index contributed by atoms with van der Waals surface area (Å²) in [7, 11) is 0. The number of rotatable bonds is 1. The molecule has 1 heterocycles. The van der Waals surface area contributed by atoms with Crippen LogP contribution < -0.4 is 0 Å². The van der Waals surface area contributed by atoms with Gasteiger partial charge in [0, 0.05) is 23.7 Å². The second-order valence-corrected chi connectivity index (χ2v) is 7.15. The summed E-state index contributed by atoms with van der Waals surface area (Å²) in [5.41, 5.74) is 0.162. The van der Waals surface area contributed by atoms with Gasteiger partial charge in [-0.05, 0) is 24.2 Å². The maximum atomic E-state index is 11.4. The van der Waals surface area contributed by atoms with Crippen molar-refractivity contribution < 1.29 is 14.3 Å². The zero-order valence-electron chi connectivity index (χ0n) is 10.5. The predicted octanol–water partition coefficient (Wildman–Crippen LogP) is 1.86. The van der Waals surface area contributed by atoms with Gasteiger partial charge in [0.15, 0.2) is 6.29 Å². The van der Waals surface area contributed by atoms with Gasteiger partial charge in [-0.15, -0.1) is 0 Å². The van der Waals surface area contributed by atoms with Crippen LogP contribution in [-0.2, 0) is 14.3 Å². The molecule has 0 aromatic rings. The first kappa shape index (κ1) is 10.5. The van der Waals surface area contributed by atoms with Crippen LogP contribution in [0.25, 0.3) is 0 Å². The molecule has 3 saturated carbocycles. The van der Waals surface area contributed by atoms with E-state index in [2.05, 4.69) is 13.8 Å². The van der Waals surface area contributed by atoms with Crippen LogP contribution in [0.2, 0.25) is 0 Å². The molecule has 4 aliphatic rings. The lowest BCUT2D eigenvalue weighted by molar-refractivity contribution is -0.235. The molecule has 4 fully saturated rings. The minimum atomic E-state index is 0.0228. The molecule has 0 aromatic carbocycles. The summed E-state index contributed by atoms with van der Waals surface area (Å²) in [5.74, 6) is 3.67. The van der Waals surface area contributed by atoms with Gasteiger partial charge in [0.1, 0.15) is 5.78 Å². The Kier molecular flexibility index (Phi) is 1.93. The molecule has 0 spiro atoms. The van der Waals surface area contributed by atoms with Gasteiger partial charge < -0.3 is 9.47 Å². The molecule has 0 amide bonds. The SMILES string of the molecule is CC1(C)COC([C@@H]2[C@@H]3C[C@@H]4C(=O)C[C@@H]4[C@H]32)OC1. The van der Waals surface area contributed by atoms with E-state index >= 15 is 0 Å². The lowest BCUT2D eigenvalue weighted by Crippen LogP contribution is -2.42. The molecule has 5 atom stereocenters. The Balaban J connectivity index is 1.40. The monoisotopic (exact) mass is 236 g/mol. The second-order valence-electron chi connectivity index (χ2n) is 7.15. The van der Waals surface area contributed by atoms with Crippen molar-refractivity contribution in [1.82, 2.24) is 0 Å². The molecule has 0 aromatic heterocycles. The molecule has 0 unspecified atom stereocenters. The Bertz CT molecular complexity index is 366. The highest BCUT2D eigenvalue weighted by Crippen LogP contribution is 2.69. The van der Waals surface area contributed by atoms with Crippen molar-refractivity contribution >= 4 is 5.78 Å². The molecule has 3 nitrogen and oxygen atoms in total. The molecule has 0 bridgehead atoms. The van der Waals surface area contributed by atoms with Crippen LogP contribution in [0.4, 0.5) is 0 Å². The van der Waals surface area contributed by atoms with Gasteiger partial charge in [-0.25, -0.2) is 0 Å². The zero-order valence-corrected chi connectivity index (χ0v) is 10.5. The van der Waals surface area contributed by atoms with E-state index < -0.39 is 0 Å². The molecular weight excluding hydrogens is 216 g/mol. The average Bonchev–Trinajstić information content (AvgIpc) is 2.87. The minimum absolute atomic E-state index is 0.0228. The standard InChI is InChI=1S/C14H20O3/c1-14(2)5-16-13(17-6-14)12-9-3-7-8(11(9)12)4-10(7)15/h7-9,11-13H,3-6H2,1-2H3/t7-,8-,9+,11+,12+/m0/s1. The minimum Gasteiger partial charge on any atom is -0.352 e. The summed E-state index contributed by atoms with van der Waals surface area (Å²) < 4.78 is 11.8. The number of Topliss-reactive ketones (excluding diaryl/α,β-unsaturated/α-hetero) is 1. The van der Waals surface area contributed by atoms with Crippen molar-refractivity contribution in [3.05, 3.63) is 0 Å². The number of ketones is 1. The van der Waals surface area contributed by atoms with E-state index in [4.69, 9.17) is 9.47 Å². The van der Waals surface area contributed by atoms with Gasteiger partial charge in [-0.3, -0.25) is 4.79 Å². The third-order valence-electron chi connectivity index (χ3n) is 5.27. The molecule has 94 valence electrons. The molecule has 3 heteroatoms. The Morgan fingerprint density at radius 1 is 1.12 bits per heavy atom. The average molecular weight is 236 g/mol. The Morgan fingerprint density at radius 3 is 2.41 bits per heavy atom. The van der Waals surface area contributed by atoms with Gasteiger partial charge in [-0.1, -0.05) is 13.8 Å². The molecule has 0 N–H and O–H groups in total. The first-order valence-corrected chi connectivity index (χ1v) is 6.83. The highest BCUT2D eigenvalue weighted by atomic mass is 16.7. The third-order valence-corrected chi connectivity index (χ3v) is 5.27. The van der Waals surface area contributed by atoms with Crippen molar-refractivity contribution in [2.45, 2.75) is 33.0 Å². The van der Waals surface area contributed by atoms with E-state index in [-0.39, 0.29) is 11.7 Å². The van der Waals surface area contributed by atoms with Crippen molar-refractivity contribution in [1.29, 1.82) is 0 Å². The third kappa shape index (κ3) is 1.39. The van der Waals surface area contributed by atoms with Crippen LogP contribution in [0, 0.1) is 35.0 Å². The summed E-state index contributed by atoms with van der Waals surface area (Å²) in [6, 6.07) is 0. The van der Waals surface area contributed by atoms with Crippen LogP contribution in [0.3, 0.4) is 0 Å². The van der Waals surface area contributed by atoms with E-state index in [0.29, 0.717) is 23.5 Å². The molecule has 1 saturated heterocycles. The van der Waals surface area contributed by atoms with E-state index in [1.165, 1.54) is 0 Å². The van der Waals surface area contributed by atoms with Crippen molar-refractivity contribution in [3.63, 3.8) is 0 Å². The van der Waals surface area contributed by atoms with Gasteiger partial charge in [0.05, 0.1) is 13.2 Å². The quantitative estimate of drug-likeness (QED) is 0.697. The molecule has 3 aliphatic carbocycles. The summed E-state index contributed by atoms with van der Waals surface area (Å²) in [6.45, 7) is 5.97. The van der Waals surface area contributed by atoms with Crippen LogP contribution >= 0.6 is 0 Å². The first-order chi connectivity index (χ1) is 8.07. The van der Waals surface area contributed by atoms with E-state index in [1.807, 2.05) is 0 Å². The molecule has 1 aliphatic heterocycles. The van der Waals surface area contributed by atoms with Crippen LogP contribution in [0.1, 0.15) is 26.7 Å². The second kappa shape index (κ2) is 3.12. The fourth-order valence-corrected chi connectivity index (χ4v) is 4.26. The largest absolute Gasteiger partial charge is 0.352 e. The number of hydrogen-bond donors (Lipinski definition) is 0. The van der Waals surface area contributed by atoms with Crippen molar-refractivity contribution in [2.75, 3.05) is 13.2 Å². The van der Waals surface area contributed by atoms with Gasteiger partial charge in [0.2, 0.25) is 0 Å². The maximum Gasteiger partial charge on any atom is 0.160 e. The van der Waals surface area contributed by atoms with Crippen LogP contribution in [-0.4, -0.2) is 25.3 Å².